The van der Waals surface area contributed by atoms with E-state index in [1.54, 1.807) is 13.0 Å². The van der Waals surface area contributed by atoms with E-state index in [9.17, 15) is 13.2 Å². The summed E-state index contributed by atoms with van der Waals surface area (Å²) in [6.07, 6.45) is 13.9. The lowest BCUT2D eigenvalue weighted by molar-refractivity contribution is -0.0861. The zero-order chi connectivity index (χ0) is 39.0. The summed E-state index contributed by atoms with van der Waals surface area (Å²) in [5.74, 6) is 0.504. The molecule has 1 amide bonds. The van der Waals surface area contributed by atoms with Crippen LogP contribution in [0, 0.1) is 17.8 Å². The monoisotopic (exact) mass is 794 g/mol. The molecule has 302 valence electrons. The molecule has 1 N–H and O–H groups in total. The first kappa shape index (κ1) is 40.6. The average molecular weight is 796 g/mol. The fourth-order valence-corrected chi connectivity index (χ4v) is 11.7. The molecule has 1 aliphatic carbocycles. The van der Waals surface area contributed by atoms with Crippen molar-refractivity contribution in [2.24, 2.45) is 17.8 Å². The zero-order valence-electron chi connectivity index (χ0n) is 33.7. The number of amides is 1. The van der Waals surface area contributed by atoms with Crippen LogP contribution in [-0.4, -0.2) is 101 Å². The van der Waals surface area contributed by atoms with Gasteiger partial charge < -0.3 is 19.3 Å². The molecule has 0 unspecified atom stereocenters. The van der Waals surface area contributed by atoms with E-state index >= 15 is 0 Å². The number of fused-ring (bicyclic) bond motifs is 3. The minimum absolute atomic E-state index is 0.209. The first-order valence-electron chi connectivity index (χ1n) is 20.9. The van der Waals surface area contributed by atoms with Crippen LogP contribution in [0.3, 0.4) is 0 Å². The number of carbonyl (C=O) groups is 1. The molecule has 2 aromatic carbocycles. The maximum Gasteiger partial charge on any atom is 0.264 e. The van der Waals surface area contributed by atoms with Crippen molar-refractivity contribution in [1.29, 1.82) is 0 Å². The number of nitrogens with zero attached hydrogens (tertiary/aromatic N) is 3. The normalized spacial score (nSPS) is 33.6. The molecular formula is C44H63ClN4O5S. The fourth-order valence-electron chi connectivity index (χ4n) is 10.2. The first-order valence-corrected chi connectivity index (χ1v) is 22.8. The fraction of sp³-hybridized carbons (Fsp3) is 0.659. The van der Waals surface area contributed by atoms with E-state index in [-0.39, 0.29) is 17.3 Å². The second-order valence-corrected chi connectivity index (χ2v) is 20.1. The molecule has 0 aromatic heterocycles. The molecule has 4 heterocycles. The highest BCUT2D eigenvalue weighted by Crippen LogP contribution is 2.49. The maximum atomic E-state index is 13.7. The molecule has 2 saturated heterocycles. The lowest BCUT2D eigenvalue weighted by atomic mass is 9.63. The zero-order valence-corrected chi connectivity index (χ0v) is 35.3. The largest absolute Gasteiger partial charge is 0.490 e. The van der Waals surface area contributed by atoms with Crippen molar-refractivity contribution in [3.8, 4) is 5.75 Å². The number of ether oxygens (including phenoxy) is 2. The van der Waals surface area contributed by atoms with Gasteiger partial charge in [-0.2, -0.15) is 0 Å². The number of piperazine rings is 1. The van der Waals surface area contributed by atoms with Gasteiger partial charge in [0.15, 0.2) is 0 Å². The topological polar surface area (TPSA) is 91.4 Å². The average Bonchev–Trinajstić information content (AvgIpc) is 3.30. The van der Waals surface area contributed by atoms with Crippen LogP contribution in [0.5, 0.6) is 5.75 Å². The summed E-state index contributed by atoms with van der Waals surface area (Å²) in [5, 5.41) is -0.0397. The number of anilines is 1. The molecule has 55 heavy (non-hydrogen) atoms. The number of rotatable bonds is 7. The summed E-state index contributed by atoms with van der Waals surface area (Å²) < 4.78 is 43.1. The molecule has 11 heteroatoms. The quantitative estimate of drug-likeness (QED) is 0.289. The standard InChI is InChI=1S/C44H63ClN4O5S/c1-6-10-33-25-36(45)15-17-38(33)43(4)29-49-27-35-13-16-39(35)44(53-5,20-22-47-23-24-48-21-8-7-12-37(48)28-47)19-9-11-31(2)32(3)55(51,52)46-42(50)34-14-18-41(54-30-43)40(49)26-34/h9,14-15,17-19,25-26,31-32,35,37,39H,6-8,10-13,16,20-24,27-30H2,1-5H3,(H,46,50)/b19-9+/t31-,32+,35-,37+,39+,43-,44-/m0/s1. The van der Waals surface area contributed by atoms with Gasteiger partial charge in [-0.15, -0.1) is 0 Å². The molecule has 3 fully saturated rings. The summed E-state index contributed by atoms with van der Waals surface area (Å²) in [5.41, 5.74) is 2.71. The van der Waals surface area contributed by atoms with Crippen molar-refractivity contribution in [2.75, 3.05) is 64.4 Å². The third-order valence-electron chi connectivity index (χ3n) is 13.9. The second-order valence-electron chi connectivity index (χ2n) is 17.6. The van der Waals surface area contributed by atoms with E-state index < -0.39 is 26.8 Å². The van der Waals surface area contributed by atoms with Crippen LogP contribution in [0.25, 0.3) is 0 Å². The molecule has 0 spiro atoms. The molecule has 5 aliphatic rings. The highest BCUT2D eigenvalue weighted by molar-refractivity contribution is 7.90. The van der Waals surface area contributed by atoms with Crippen molar-refractivity contribution in [1.82, 2.24) is 14.5 Å². The van der Waals surface area contributed by atoms with Crippen molar-refractivity contribution < 1.29 is 22.7 Å². The van der Waals surface area contributed by atoms with E-state index in [2.05, 4.69) is 57.6 Å². The lowest BCUT2D eigenvalue weighted by Crippen LogP contribution is -2.57. The second kappa shape index (κ2) is 16.7. The number of allylic oxidation sites excluding steroid dienone is 1. The Hall–Kier alpha value is -2.63. The summed E-state index contributed by atoms with van der Waals surface area (Å²) >= 11 is 6.55. The number of halogens is 1. The summed E-state index contributed by atoms with van der Waals surface area (Å²) in [6.45, 7) is 15.5. The molecule has 7 rings (SSSR count). The third kappa shape index (κ3) is 8.50. The summed E-state index contributed by atoms with van der Waals surface area (Å²) in [6, 6.07) is 12.2. The van der Waals surface area contributed by atoms with Gasteiger partial charge in [0, 0.05) is 68.4 Å². The van der Waals surface area contributed by atoms with Gasteiger partial charge in [-0.3, -0.25) is 9.69 Å². The Bertz CT molecular complexity index is 1840. The van der Waals surface area contributed by atoms with Crippen LogP contribution in [0.1, 0.15) is 101 Å². The molecule has 2 aromatic rings. The smallest absolute Gasteiger partial charge is 0.264 e. The Balaban J connectivity index is 1.26. The lowest BCUT2D eigenvalue weighted by Gasteiger charge is -2.51. The Labute approximate surface area is 335 Å². The van der Waals surface area contributed by atoms with Crippen LogP contribution < -0.4 is 14.4 Å². The number of hydrogen-bond acceptors (Lipinski definition) is 8. The van der Waals surface area contributed by atoms with Crippen LogP contribution in [0.4, 0.5) is 5.69 Å². The summed E-state index contributed by atoms with van der Waals surface area (Å²) in [7, 11) is -2.08. The van der Waals surface area contributed by atoms with Crippen molar-refractivity contribution in [3.05, 3.63) is 70.3 Å². The number of carbonyl (C=O) groups excluding carboxylic acids is 1. The van der Waals surface area contributed by atoms with E-state index in [1.165, 1.54) is 36.9 Å². The first-order chi connectivity index (χ1) is 26.3. The minimum Gasteiger partial charge on any atom is -0.490 e. The van der Waals surface area contributed by atoms with E-state index in [0.29, 0.717) is 42.8 Å². The van der Waals surface area contributed by atoms with Crippen molar-refractivity contribution >= 4 is 33.2 Å². The highest BCUT2D eigenvalue weighted by Gasteiger charge is 2.48. The number of piperidine rings is 1. The van der Waals surface area contributed by atoms with E-state index in [4.69, 9.17) is 21.1 Å². The molecule has 7 atom stereocenters. The van der Waals surface area contributed by atoms with Crippen molar-refractivity contribution in [3.63, 3.8) is 0 Å². The number of aryl methyl sites for hydroxylation is 1. The number of hydrogen-bond donors (Lipinski definition) is 1. The van der Waals surface area contributed by atoms with Crippen LogP contribution in [-0.2, 0) is 26.6 Å². The third-order valence-corrected chi connectivity index (χ3v) is 16.1. The number of methoxy groups -OCH3 is 1. The summed E-state index contributed by atoms with van der Waals surface area (Å²) in [4.78, 5) is 21.4. The molecule has 2 bridgehead atoms. The van der Waals surface area contributed by atoms with Gasteiger partial charge in [-0.1, -0.05) is 63.4 Å². The molecule has 0 radical (unpaired) electrons. The minimum atomic E-state index is -3.95. The van der Waals surface area contributed by atoms with Gasteiger partial charge in [-0.05, 0) is 118 Å². The van der Waals surface area contributed by atoms with Gasteiger partial charge in [0.2, 0.25) is 10.0 Å². The Morgan fingerprint density at radius 1 is 1.04 bits per heavy atom. The Morgan fingerprint density at radius 3 is 2.64 bits per heavy atom. The van der Waals surface area contributed by atoms with Gasteiger partial charge in [0.25, 0.3) is 5.91 Å². The van der Waals surface area contributed by atoms with Crippen LogP contribution in [0.2, 0.25) is 5.02 Å². The Morgan fingerprint density at radius 2 is 1.87 bits per heavy atom. The SMILES string of the molecule is CCCc1cc(Cl)ccc1[C@]1(C)COc2ccc3cc2N(C[C@@H]2CC[C@H]2[C@](CCN2CCN4CCCC[C@@H]4C2)(OC)/C=C/C[C@H](C)[C@@H](C)S(=O)(=O)NC3=O)C1. The number of benzene rings is 2. The molecular weight excluding hydrogens is 732 g/mol. The maximum absolute atomic E-state index is 13.7. The number of sulfonamides is 1. The van der Waals surface area contributed by atoms with Gasteiger partial charge in [0.05, 0.1) is 23.1 Å². The molecule has 4 aliphatic heterocycles. The van der Waals surface area contributed by atoms with Gasteiger partial charge >= 0.3 is 0 Å². The number of nitrogens with one attached hydrogen (secondary N) is 1. The Kier molecular flexibility index (Phi) is 12.3. The van der Waals surface area contributed by atoms with Crippen molar-refractivity contribution in [2.45, 2.75) is 108 Å². The van der Waals surface area contributed by atoms with E-state index in [1.807, 2.05) is 32.2 Å². The van der Waals surface area contributed by atoms with Gasteiger partial charge in [0.1, 0.15) is 5.75 Å². The van der Waals surface area contributed by atoms with Crippen LogP contribution in [0.15, 0.2) is 48.6 Å². The predicted octanol–water partition coefficient (Wildman–Crippen LogP) is 7.46. The van der Waals surface area contributed by atoms with Gasteiger partial charge in [-0.25, -0.2) is 13.1 Å². The van der Waals surface area contributed by atoms with Crippen LogP contribution >= 0.6 is 11.6 Å². The molecule has 1 saturated carbocycles. The van der Waals surface area contributed by atoms with E-state index in [0.717, 1.165) is 75.5 Å². The molecule has 9 nitrogen and oxygen atoms in total. The predicted molar refractivity (Wildman–Crippen MR) is 222 cm³/mol. The highest BCUT2D eigenvalue weighted by atomic mass is 35.5.